The monoisotopic (exact) mass is 310 g/mol. The zero-order valence-corrected chi connectivity index (χ0v) is 12.6. The highest BCUT2D eigenvalue weighted by atomic mass is 35.5. The Morgan fingerprint density at radius 1 is 1.57 bits per heavy atom. The van der Waals surface area contributed by atoms with Crippen LogP contribution in [0.25, 0.3) is 6.08 Å². The van der Waals surface area contributed by atoms with Gasteiger partial charge in [0, 0.05) is 30.2 Å². The summed E-state index contributed by atoms with van der Waals surface area (Å²) < 4.78 is 0. The van der Waals surface area contributed by atoms with Gasteiger partial charge in [0.1, 0.15) is 11.3 Å². The van der Waals surface area contributed by atoms with Crippen molar-refractivity contribution in [3.05, 3.63) is 34.4 Å². The summed E-state index contributed by atoms with van der Waals surface area (Å²) in [5.74, 6) is -0.794. The van der Waals surface area contributed by atoms with Crippen molar-refractivity contribution in [2.24, 2.45) is 5.73 Å². The normalized spacial score (nSPS) is 23.5. The average molecular weight is 311 g/mol. The highest BCUT2D eigenvalue weighted by molar-refractivity contribution is 6.30. The second-order valence-electron chi connectivity index (χ2n) is 5.62. The molecule has 0 unspecified atom stereocenters. The van der Waals surface area contributed by atoms with Crippen LogP contribution in [0.5, 0.6) is 5.75 Å². The number of carboxylic acid groups (broad SMARTS) is 1. The van der Waals surface area contributed by atoms with E-state index in [4.69, 9.17) is 22.4 Å². The molecule has 6 heteroatoms. The van der Waals surface area contributed by atoms with Gasteiger partial charge in [0.15, 0.2) is 0 Å². The number of halogens is 1. The van der Waals surface area contributed by atoms with Crippen molar-refractivity contribution in [3.8, 4) is 5.75 Å². The summed E-state index contributed by atoms with van der Waals surface area (Å²) in [7, 11) is 0. The molecule has 0 bridgehead atoms. The molecular formula is C15H19ClN2O3. The Labute approximate surface area is 128 Å². The number of carboxylic acids is 1. The maximum Gasteiger partial charge on any atom is 0.325 e. The minimum absolute atomic E-state index is 0.166. The molecule has 1 aliphatic heterocycles. The Kier molecular flexibility index (Phi) is 4.56. The standard InChI is InChI=1S/C15H19ClN2O3/c1-10(6-11-7-12(16)2-3-13(11)19)8-18-5-4-15(17,9-18)14(20)21/h2-3,6-7,19H,4-5,8-9,17H2,1H3,(H,20,21)/b10-6+/t15-/m0/s1. The van der Waals surface area contributed by atoms with E-state index < -0.39 is 11.5 Å². The molecule has 1 aromatic rings. The quantitative estimate of drug-likeness (QED) is 0.791. The molecule has 1 saturated heterocycles. The SMILES string of the molecule is C/C(=C\c1cc(Cl)ccc1O)CN1CC[C@@](N)(C(=O)O)C1. The van der Waals surface area contributed by atoms with Crippen LogP contribution in [0.1, 0.15) is 18.9 Å². The lowest BCUT2D eigenvalue weighted by Crippen LogP contribution is -2.50. The van der Waals surface area contributed by atoms with Gasteiger partial charge in [-0.15, -0.1) is 0 Å². The number of carbonyl (C=O) groups is 1. The fraction of sp³-hybridized carbons (Fsp3) is 0.400. The molecule has 0 radical (unpaired) electrons. The van der Waals surface area contributed by atoms with Crippen LogP contribution in [-0.2, 0) is 4.79 Å². The molecule has 0 aromatic heterocycles. The summed E-state index contributed by atoms with van der Waals surface area (Å²) in [4.78, 5) is 13.1. The summed E-state index contributed by atoms with van der Waals surface area (Å²) in [6.07, 6.45) is 2.29. The van der Waals surface area contributed by atoms with E-state index in [-0.39, 0.29) is 5.75 Å². The Morgan fingerprint density at radius 3 is 2.90 bits per heavy atom. The molecule has 5 nitrogen and oxygen atoms in total. The van der Waals surface area contributed by atoms with Crippen molar-refractivity contribution in [2.45, 2.75) is 18.9 Å². The third-order valence-corrected chi connectivity index (χ3v) is 3.91. The first kappa shape index (κ1) is 15.8. The minimum Gasteiger partial charge on any atom is -0.507 e. The van der Waals surface area contributed by atoms with E-state index in [1.165, 1.54) is 0 Å². The molecule has 114 valence electrons. The lowest BCUT2D eigenvalue weighted by Gasteiger charge is -2.20. The van der Waals surface area contributed by atoms with Gasteiger partial charge in [-0.25, -0.2) is 0 Å². The first-order valence-corrected chi connectivity index (χ1v) is 7.08. The largest absolute Gasteiger partial charge is 0.507 e. The van der Waals surface area contributed by atoms with Crippen LogP contribution in [0.15, 0.2) is 23.8 Å². The van der Waals surface area contributed by atoms with Crippen LogP contribution in [0.3, 0.4) is 0 Å². The van der Waals surface area contributed by atoms with Crippen molar-refractivity contribution < 1.29 is 15.0 Å². The van der Waals surface area contributed by atoms with E-state index >= 15 is 0 Å². The fourth-order valence-corrected chi connectivity index (χ4v) is 2.71. The molecule has 0 spiro atoms. The summed E-state index contributed by atoms with van der Waals surface area (Å²) in [5.41, 5.74) is 6.34. The number of benzene rings is 1. The summed E-state index contributed by atoms with van der Waals surface area (Å²) in [6.45, 7) is 3.51. The highest BCUT2D eigenvalue weighted by Crippen LogP contribution is 2.25. The van der Waals surface area contributed by atoms with Gasteiger partial charge in [-0.2, -0.15) is 0 Å². The minimum atomic E-state index is -1.15. The molecule has 0 amide bonds. The number of rotatable bonds is 4. The van der Waals surface area contributed by atoms with Crippen LogP contribution in [0.4, 0.5) is 0 Å². The molecule has 0 aliphatic carbocycles. The molecule has 2 rings (SSSR count). The van der Waals surface area contributed by atoms with Gasteiger partial charge in [-0.3, -0.25) is 9.69 Å². The molecule has 4 N–H and O–H groups in total. The summed E-state index contributed by atoms with van der Waals surface area (Å²) in [6, 6.07) is 4.86. The van der Waals surface area contributed by atoms with Crippen LogP contribution in [0, 0.1) is 0 Å². The fourth-order valence-electron chi connectivity index (χ4n) is 2.53. The van der Waals surface area contributed by atoms with E-state index in [1.54, 1.807) is 18.2 Å². The number of nitrogens with two attached hydrogens (primary N) is 1. The van der Waals surface area contributed by atoms with Crippen LogP contribution < -0.4 is 5.73 Å². The van der Waals surface area contributed by atoms with Gasteiger partial charge in [-0.1, -0.05) is 23.3 Å². The van der Waals surface area contributed by atoms with Crippen molar-refractivity contribution in [2.75, 3.05) is 19.6 Å². The zero-order chi connectivity index (χ0) is 15.6. The number of nitrogens with zero attached hydrogens (tertiary/aromatic N) is 1. The van der Waals surface area contributed by atoms with E-state index in [0.29, 0.717) is 36.6 Å². The van der Waals surface area contributed by atoms with Crippen molar-refractivity contribution in [1.29, 1.82) is 0 Å². The Morgan fingerprint density at radius 2 is 2.29 bits per heavy atom. The van der Waals surface area contributed by atoms with E-state index in [2.05, 4.69) is 0 Å². The van der Waals surface area contributed by atoms with Gasteiger partial charge in [0.2, 0.25) is 0 Å². The van der Waals surface area contributed by atoms with Crippen molar-refractivity contribution in [3.63, 3.8) is 0 Å². The van der Waals surface area contributed by atoms with Gasteiger partial charge in [0.05, 0.1) is 0 Å². The number of aliphatic carboxylic acids is 1. The average Bonchev–Trinajstić information content (AvgIpc) is 2.77. The van der Waals surface area contributed by atoms with Gasteiger partial charge in [0.25, 0.3) is 0 Å². The van der Waals surface area contributed by atoms with Crippen LogP contribution in [-0.4, -0.2) is 46.3 Å². The molecular weight excluding hydrogens is 292 g/mol. The van der Waals surface area contributed by atoms with Crippen molar-refractivity contribution in [1.82, 2.24) is 4.90 Å². The molecule has 1 heterocycles. The third kappa shape index (κ3) is 3.75. The van der Waals surface area contributed by atoms with Crippen LogP contribution in [0.2, 0.25) is 5.02 Å². The smallest absolute Gasteiger partial charge is 0.325 e. The number of likely N-dealkylation sites (tertiary alicyclic amines) is 1. The first-order chi connectivity index (χ1) is 9.80. The Bertz CT molecular complexity index is 588. The van der Waals surface area contributed by atoms with Crippen LogP contribution >= 0.6 is 11.6 Å². The van der Waals surface area contributed by atoms with E-state index in [0.717, 1.165) is 5.57 Å². The van der Waals surface area contributed by atoms with Gasteiger partial charge >= 0.3 is 5.97 Å². The second kappa shape index (κ2) is 6.05. The second-order valence-corrected chi connectivity index (χ2v) is 6.05. The van der Waals surface area contributed by atoms with E-state index in [1.807, 2.05) is 17.9 Å². The third-order valence-electron chi connectivity index (χ3n) is 3.67. The van der Waals surface area contributed by atoms with Gasteiger partial charge < -0.3 is 15.9 Å². The molecule has 1 fully saturated rings. The molecule has 1 aromatic carbocycles. The summed E-state index contributed by atoms with van der Waals surface area (Å²) in [5, 5.41) is 19.5. The Hall–Kier alpha value is -1.56. The van der Waals surface area contributed by atoms with E-state index in [9.17, 15) is 9.90 Å². The maximum absolute atomic E-state index is 11.1. The topological polar surface area (TPSA) is 86.8 Å². The Balaban J connectivity index is 2.05. The van der Waals surface area contributed by atoms with Crippen molar-refractivity contribution >= 4 is 23.6 Å². The predicted molar refractivity (Wildman–Crippen MR) is 82.4 cm³/mol. The highest BCUT2D eigenvalue weighted by Gasteiger charge is 2.40. The first-order valence-electron chi connectivity index (χ1n) is 6.70. The van der Waals surface area contributed by atoms with Gasteiger partial charge in [-0.05, 0) is 31.5 Å². The molecule has 0 saturated carbocycles. The predicted octanol–water partition coefficient (Wildman–Crippen LogP) is 1.94. The molecule has 1 atom stereocenters. The maximum atomic E-state index is 11.1. The number of hydrogen-bond acceptors (Lipinski definition) is 4. The number of aromatic hydroxyl groups is 1. The summed E-state index contributed by atoms with van der Waals surface area (Å²) >= 11 is 5.91. The molecule has 21 heavy (non-hydrogen) atoms. The number of hydrogen-bond donors (Lipinski definition) is 3. The molecule has 1 aliphatic rings. The number of phenols is 1. The lowest BCUT2D eigenvalue weighted by molar-refractivity contribution is -0.142. The number of phenolic OH excluding ortho intramolecular Hbond substituents is 1. The zero-order valence-electron chi connectivity index (χ0n) is 11.8. The lowest BCUT2D eigenvalue weighted by atomic mass is 10.0.